The van der Waals surface area contributed by atoms with Crippen molar-refractivity contribution < 1.29 is 24.2 Å². The van der Waals surface area contributed by atoms with Crippen molar-refractivity contribution >= 4 is 66.4 Å². The molecule has 2 unspecified atom stereocenters. The molecule has 0 radical (unpaired) electrons. The number of fused-ring (bicyclic) bond motifs is 1. The zero-order chi connectivity index (χ0) is 24.5. The van der Waals surface area contributed by atoms with Crippen LogP contribution in [0.5, 0.6) is 11.5 Å². The molecule has 0 aliphatic heterocycles. The van der Waals surface area contributed by atoms with Gasteiger partial charge >= 0.3 is 11.9 Å². The van der Waals surface area contributed by atoms with Crippen molar-refractivity contribution in [2.75, 3.05) is 24.0 Å². The fraction of sp³-hybridized carbons (Fsp3) is 0.238. The Morgan fingerprint density at radius 1 is 1.18 bits per heavy atom. The van der Waals surface area contributed by atoms with Crippen molar-refractivity contribution in [2.24, 2.45) is 16.6 Å². The SMILES string of the molecule is COc1cccc2nc(N/N=C/c3ccc(OC(=O)C(N)CSSCC(N)C(=O)O)cc3)sc12. The quantitative estimate of drug-likeness (QED) is 0.0692. The number of anilines is 1. The number of aliphatic carboxylic acids is 1. The normalized spacial score (nSPS) is 13.0. The minimum absolute atomic E-state index is 0.215. The molecule has 0 fully saturated rings. The molecule has 34 heavy (non-hydrogen) atoms. The molecular weight excluding hydrogens is 498 g/mol. The molecule has 0 spiro atoms. The number of rotatable bonds is 12. The van der Waals surface area contributed by atoms with Crippen molar-refractivity contribution in [2.45, 2.75) is 12.1 Å². The molecule has 1 aromatic heterocycles. The molecule has 3 rings (SSSR count). The first-order valence-corrected chi connectivity index (χ1v) is 13.2. The van der Waals surface area contributed by atoms with Gasteiger partial charge < -0.3 is 26.0 Å². The molecule has 2 atom stereocenters. The molecule has 0 bridgehead atoms. The Morgan fingerprint density at radius 3 is 2.56 bits per heavy atom. The second kappa shape index (κ2) is 12.6. The maximum atomic E-state index is 12.1. The van der Waals surface area contributed by atoms with Gasteiger partial charge in [0.1, 0.15) is 23.6 Å². The summed E-state index contributed by atoms with van der Waals surface area (Å²) in [4.78, 5) is 27.3. The Hall–Kier alpha value is -2.84. The van der Waals surface area contributed by atoms with Crippen LogP contribution in [0.4, 0.5) is 5.13 Å². The number of hydrogen-bond acceptors (Lipinski definition) is 12. The molecule has 3 aromatic rings. The van der Waals surface area contributed by atoms with Crippen LogP contribution in [0.2, 0.25) is 0 Å². The molecule has 0 aliphatic rings. The van der Waals surface area contributed by atoms with E-state index < -0.39 is 24.0 Å². The van der Waals surface area contributed by atoms with Crippen molar-refractivity contribution in [3.05, 3.63) is 48.0 Å². The van der Waals surface area contributed by atoms with Crippen molar-refractivity contribution in [1.29, 1.82) is 0 Å². The number of benzene rings is 2. The maximum Gasteiger partial charge on any atom is 0.329 e. The van der Waals surface area contributed by atoms with Crippen LogP contribution < -0.4 is 26.4 Å². The van der Waals surface area contributed by atoms with E-state index in [1.54, 1.807) is 37.6 Å². The highest BCUT2D eigenvalue weighted by molar-refractivity contribution is 8.76. The van der Waals surface area contributed by atoms with E-state index in [2.05, 4.69) is 15.5 Å². The van der Waals surface area contributed by atoms with Crippen molar-refractivity contribution in [1.82, 2.24) is 4.98 Å². The number of nitrogens with two attached hydrogens (primary N) is 2. The second-order valence-corrected chi connectivity index (χ2v) is 10.4. The zero-order valence-electron chi connectivity index (χ0n) is 18.0. The number of carbonyl (C=O) groups excluding carboxylic acids is 1. The standard InChI is InChI=1S/C21H23N5O5S3/c1-30-17-4-2-3-16-18(17)34-21(25-16)26-24-9-12-5-7-13(8-6-12)31-20(29)15(23)11-33-32-10-14(22)19(27)28/h2-9,14-15H,10-11,22-23H2,1H3,(H,25,26)(H,27,28)/b24-9+. The fourth-order valence-electron chi connectivity index (χ4n) is 2.49. The highest BCUT2D eigenvalue weighted by atomic mass is 33.1. The zero-order valence-corrected chi connectivity index (χ0v) is 20.5. The molecule has 0 amide bonds. The number of hydrazone groups is 1. The summed E-state index contributed by atoms with van der Waals surface area (Å²) < 4.78 is 11.6. The van der Waals surface area contributed by atoms with Gasteiger partial charge in [0.05, 0.1) is 23.5 Å². The molecule has 2 aromatic carbocycles. The predicted molar refractivity (Wildman–Crippen MR) is 138 cm³/mol. The van der Waals surface area contributed by atoms with E-state index in [9.17, 15) is 9.59 Å². The van der Waals surface area contributed by atoms with Gasteiger partial charge in [0, 0.05) is 11.5 Å². The highest BCUT2D eigenvalue weighted by Crippen LogP contribution is 2.33. The lowest BCUT2D eigenvalue weighted by atomic mass is 10.2. The molecule has 0 aliphatic carbocycles. The summed E-state index contributed by atoms with van der Waals surface area (Å²) in [5, 5.41) is 13.6. The minimum Gasteiger partial charge on any atom is -0.495 e. The third kappa shape index (κ3) is 7.33. The Labute approximate surface area is 207 Å². The lowest BCUT2D eigenvalue weighted by molar-refractivity contribution is -0.138. The molecule has 6 N–H and O–H groups in total. The number of nitrogens with one attached hydrogen (secondary N) is 1. The van der Waals surface area contributed by atoms with Crippen LogP contribution in [0.25, 0.3) is 10.2 Å². The molecule has 180 valence electrons. The average Bonchev–Trinajstić information content (AvgIpc) is 3.25. The summed E-state index contributed by atoms with van der Waals surface area (Å²) in [7, 11) is 4.13. The number of aromatic nitrogens is 1. The maximum absolute atomic E-state index is 12.1. The number of thiazole rings is 1. The van der Waals surface area contributed by atoms with Crippen LogP contribution >= 0.6 is 32.9 Å². The van der Waals surface area contributed by atoms with Crippen molar-refractivity contribution in [3.63, 3.8) is 0 Å². The van der Waals surface area contributed by atoms with Gasteiger partial charge in [-0.25, -0.2) is 9.78 Å². The Bertz CT molecular complexity index is 1160. The van der Waals surface area contributed by atoms with Crippen LogP contribution in [0.1, 0.15) is 5.56 Å². The number of ether oxygens (including phenoxy) is 2. The van der Waals surface area contributed by atoms with Crippen LogP contribution in [-0.4, -0.2) is 58.9 Å². The predicted octanol–water partition coefficient (Wildman–Crippen LogP) is 2.78. The van der Waals surface area contributed by atoms with E-state index in [-0.39, 0.29) is 11.5 Å². The minimum atomic E-state index is -1.07. The van der Waals surface area contributed by atoms with E-state index in [1.165, 1.54) is 32.9 Å². The first kappa shape index (κ1) is 25.8. The largest absolute Gasteiger partial charge is 0.495 e. The molecule has 0 saturated carbocycles. The summed E-state index contributed by atoms with van der Waals surface area (Å²) in [5.41, 5.74) is 15.8. The Morgan fingerprint density at radius 2 is 1.88 bits per heavy atom. The summed E-state index contributed by atoms with van der Waals surface area (Å²) >= 11 is 1.44. The van der Waals surface area contributed by atoms with Gasteiger partial charge in [-0.2, -0.15) is 5.10 Å². The number of carbonyl (C=O) groups is 2. The highest BCUT2D eigenvalue weighted by Gasteiger charge is 2.17. The summed E-state index contributed by atoms with van der Waals surface area (Å²) in [6.07, 6.45) is 1.62. The Kier molecular flexibility index (Phi) is 9.53. The number of carboxylic acids is 1. The van der Waals surface area contributed by atoms with E-state index in [4.69, 9.17) is 26.0 Å². The van der Waals surface area contributed by atoms with Gasteiger partial charge in [-0.05, 0) is 42.0 Å². The average molecular weight is 522 g/mol. The smallest absolute Gasteiger partial charge is 0.329 e. The van der Waals surface area contributed by atoms with Gasteiger partial charge in [-0.3, -0.25) is 10.2 Å². The first-order valence-electron chi connectivity index (χ1n) is 9.90. The van der Waals surface area contributed by atoms with Gasteiger partial charge in [0.15, 0.2) is 0 Å². The monoisotopic (exact) mass is 521 g/mol. The lowest BCUT2D eigenvalue weighted by Crippen LogP contribution is -2.36. The lowest BCUT2D eigenvalue weighted by Gasteiger charge is -2.11. The molecule has 0 saturated heterocycles. The third-order valence-electron chi connectivity index (χ3n) is 4.27. The van der Waals surface area contributed by atoms with Gasteiger partial charge in [0.2, 0.25) is 5.13 Å². The Balaban J connectivity index is 1.45. The van der Waals surface area contributed by atoms with E-state index in [1.807, 2.05) is 18.2 Å². The van der Waals surface area contributed by atoms with Crippen LogP contribution in [0.15, 0.2) is 47.6 Å². The topological polar surface area (TPSA) is 162 Å². The fourth-order valence-corrected chi connectivity index (χ4v) is 5.62. The molecule has 13 heteroatoms. The number of esters is 1. The van der Waals surface area contributed by atoms with Gasteiger partial charge in [-0.1, -0.05) is 39.0 Å². The molecule has 10 nitrogen and oxygen atoms in total. The van der Waals surface area contributed by atoms with E-state index in [0.717, 1.165) is 21.5 Å². The summed E-state index contributed by atoms with van der Waals surface area (Å²) in [5.74, 6) is -0.0501. The third-order valence-corrected chi connectivity index (χ3v) is 7.73. The summed E-state index contributed by atoms with van der Waals surface area (Å²) in [6, 6.07) is 10.6. The van der Waals surface area contributed by atoms with Crippen molar-refractivity contribution in [3.8, 4) is 11.5 Å². The first-order chi connectivity index (χ1) is 16.4. The second-order valence-electron chi connectivity index (χ2n) is 6.81. The van der Waals surface area contributed by atoms with Crippen LogP contribution in [0.3, 0.4) is 0 Å². The molecule has 1 heterocycles. The summed E-state index contributed by atoms with van der Waals surface area (Å²) in [6.45, 7) is 0. The van der Waals surface area contributed by atoms with Gasteiger partial charge in [0.25, 0.3) is 0 Å². The number of nitrogens with zero attached hydrogens (tertiary/aromatic N) is 2. The van der Waals surface area contributed by atoms with Crippen LogP contribution in [-0.2, 0) is 9.59 Å². The van der Waals surface area contributed by atoms with Crippen LogP contribution in [0, 0.1) is 0 Å². The van der Waals surface area contributed by atoms with E-state index in [0.29, 0.717) is 10.9 Å². The number of carboxylic acid groups (broad SMARTS) is 1. The van der Waals surface area contributed by atoms with E-state index >= 15 is 0 Å². The number of methoxy groups -OCH3 is 1. The van der Waals surface area contributed by atoms with Gasteiger partial charge in [-0.15, -0.1) is 0 Å². The molecular formula is C21H23N5O5S3. The number of hydrogen-bond donors (Lipinski definition) is 4.